The molecule has 8 nitrogen and oxygen atoms in total. The van der Waals surface area contributed by atoms with Crippen molar-refractivity contribution in [1.82, 2.24) is 20.1 Å². The number of carbonyl (C=O) groups is 1. The number of aryl methyl sites for hydroxylation is 1. The zero-order valence-corrected chi connectivity index (χ0v) is 23.2. The summed E-state index contributed by atoms with van der Waals surface area (Å²) in [5.74, 6) is -1.55. The fourth-order valence-electron chi connectivity index (χ4n) is 5.30. The smallest absolute Gasteiger partial charge is 0.310 e. The topological polar surface area (TPSA) is 114 Å². The summed E-state index contributed by atoms with van der Waals surface area (Å²) < 4.78 is 30.4. The van der Waals surface area contributed by atoms with Gasteiger partial charge in [0, 0.05) is 41.9 Å². The third-order valence-corrected chi connectivity index (χ3v) is 7.80. The van der Waals surface area contributed by atoms with Gasteiger partial charge in [-0.1, -0.05) is 30.7 Å². The van der Waals surface area contributed by atoms with E-state index in [1.54, 1.807) is 18.2 Å². The van der Waals surface area contributed by atoms with Crippen molar-refractivity contribution in [2.75, 3.05) is 11.9 Å². The van der Waals surface area contributed by atoms with Gasteiger partial charge in [-0.25, -0.2) is 13.8 Å². The molecule has 210 valence electrons. The molecule has 1 saturated heterocycles. The standard InChI is InChI=1S/C28H34ClF2N5O3/c1-5-18-13-28(26(37)38,9-10-36(18)15-17-7-6-8-20(29)24(17)30)14-21-25(31)19(27(3,4)39)12-22(32-21)33-23-11-16(2)34-35-23/h6-8,11-12,18,39H,5,9-10,13-15H2,1-4H3,(H,37,38)(H2,32,33,34,35)/t18-,28-/m1/s1. The number of carboxylic acid groups (broad SMARTS) is 1. The van der Waals surface area contributed by atoms with Crippen LogP contribution < -0.4 is 5.32 Å². The Hall–Kier alpha value is -3.08. The van der Waals surface area contributed by atoms with Crippen molar-refractivity contribution < 1.29 is 23.8 Å². The predicted molar refractivity (Wildman–Crippen MR) is 145 cm³/mol. The molecule has 0 amide bonds. The number of hydrogen-bond acceptors (Lipinski definition) is 6. The van der Waals surface area contributed by atoms with Crippen molar-refractivity contribution in [2.45, 2.75) is 71.6 Å². The zero-order valence-electron chi connectivity index (χ0n) is 22.5. The molecule has 0 spiro atoms. The highest BCUT2D eigenvalue weighted by Crippen LogP contribution is 2.41. The number of pyridine rings is 1. The maximum absolute atomic E-state index is 15.8. The second-order valence-corrected chi connectivity index (χ2v) is 11.3. The third-order valence-electron chi connectivity index (χ3n) is 7.50. The molecule has 4 N–H and O–H groups in total. The highest BCUT2D eigenvalue weighted by molar-refractivity contribution is 6.30. The molecule has 0 unspecified atom stereocenters. The molecule has 4 rings (SSSR count). The number of benzene rings is 1. The number of carboxylic acids is 1. The molecule has 0 saturated carbocycles. The number of nitrogens with zero attached hydrogens (tertiary/aromatic N) is 3. The normalized spacial score (nSPS) is 20.3. The van der Waals surface area contributed by atoms with Gasteiger partial charge in [0.05, 0.1) is 21.7 Å². The van der Waals surface area contributed by atoms with Gasteiger partial charge < -0.3 is 15.5 Å². The van der Waals surface area contributed by atoms with Crippen LogP contribution in [0.3, 0.4) is 0 Å². The number of H-pyrrole nitrogens is 1. The lowest BCUT2D eigenvalue weighted by Gasteiger charge is -2.44. The maximum Gasteiger partial charge on any atom is 0.310 e. The van der Waals surface area contributed by atoms with Gasteiger partial charge in [0.15, 0.2) is 11.6 Å². The second kappa shape index (κ2) is 11.2. The SMILES string of the molecule is CC[C@@H]1C[C@](Cc2nc(Nc3cc(C)[nH]n3)cc(C(C)(C)O)c2F)(C(=O)O)CCN1Cc1cccc(Cl)c1F. The van der Waals surface area contributed by atoms with E-state index in [1.807, 2.05) is 13.8 Å². The Morgan fingerprint density at radius 1 is 1.28 bits per heavy atom. The molecular formula is C28H34ClF2N5O3. The van der Waals surface area contributed by atoms with Crippen LogP contribution in [0.25, 0.3) is 0 Å². The minimum atomic E-state index is -1.54. The van der Waals surface area contributed by atoms with Crippen molar-refractivity contribution >= 4 is 29.2 Å². The van der Waals surface area contributed by atoms with E-state index in [0.717, 1.165) is 5.69 Å². The van der Waals surface area contributed by atoms with Crippen molar-refractivity contribution in [3.63, 3.8) is 0 Å². The number of anilines is 2. The number of aromatic nitrogens is 3. The predicted octanol–water partition coefficient (Wildman–Crippen LogP) is 5.70. The first-order valence-corrected chi connectivity index (χ1v) is 13.3. The Bertz CT molecular complexity index is 1360. The summed E-state index contributed by atoms with van der Waals surface area (Å²) in [7, 11) is 0. The molecule has 2 aromatic heterocycles. The van der Waals surface area contributed by atoms with Crippen molar-refractivity contribution in [3.8, 4) is 0 Å². The molecule has 3 heterocycles. The Kier molecular flexibility index (Phi) is 8.30. The van der Waals surface area contributed by atoms with Crippen LogP contribution >= 0.6 is 11.6 Å². The first-order chi connectivity index (χ1) is 18.3. The quantitative estimate of drug-likeness (QED) is 0.265. The van der Waals surface area contributed by atoms with Crippen LogP contribution in [0.15, 0.2) is 30.3 Å². The molecule has 1 fully saturated rings. The lowest BCUT2D eigenvalue weighted by Crippen LogP contribution is -2.50. The fraction of sp³-hybridized carbons (Fsp3) is 0.464. The number of nitrogens with one attached hydrogen (secondary N) is 2. The molecule has 1 aliphatic heterocycles. The van der Waals surface area contributed by atoms with Gasteiger partial charge >= 0.3 is 5.97 Å². The first-order valence-electron chi connectivity index (χ1n) is 12.9. The van der Waals surface area contributed by atoms with E-state index in [1.165, 1.54) is 26.0 Å². The van der Waals surface area contributed by atoms with Crippen LogP contribution in [-0.4, -0.2) is 48.9 Å². The van der Waals surface area contributed by atoms with E-state index < -0.39 is 28.6 Å². The van der Waals surface area contributed by atoms with Crippen LogP contribution in [0.2, 0.25) is 5.02 Å². The highest BCUT2D eigenvalue weighted by Gasteiger charge is 2.46. The van der Waals surface area contributed by atoms with Crippen molar-refractivity contribution in [1.29, 1.82) is 0 Å². The molecule has 11 heteroatoms. The van der Waals surface area contributed by atoms with E-state index in [4.69, 9.17) is 11.6 Å². The summed E-state index contributed by atoms with van der Waals surface area (Å²) in [6.07, 6.45) is 0.913. The summed E-state index contributed by atoms with van der Waals surface area (Å²) >= 11 is 5.96. The Morgan fingerprint density at radius 3 is 2.64 bits per heavy atom. The largest absolute Gasteiger partial charge is 0.481 e. The van der Waals surface area contributed by atoms with Crippen LogP contribution in [0, 0.1) is 24.0 Å². The van der Waals surface area contributed by atoms with E-state index in [9.17, 15) is 19.4 Å². The number of halogens is 3. The number of rotatable bonds is 9. The van der Waals surface area contributed by atoms with E-state index in [0.29, 0.717) is 30.9 Å². The van der Waals surface area contributed by atoms with Gasteiger partial charge in [-0.3, -0.25) is 14.8 Å². The van der Waals surface area contributed by atoms with Gasteiger partial charge in [0.1, 0.15) is 11.6 Å². The number of hydrogen-bond donors (Lipinski definition) is 4. The molecule has 1 aromatic carbocycles. The van der Waals surface area contributed by atoms with Gasteiger partial charge in [-0.15, -0.1) is 0 Å². The monoisotopic (exact) mass is 561 g/mol. The number of aromatic amines is 1. The van der Waals surface area contributed by atoms with Crippen LogP contribution in [-0.2, 0) is 23.4 Å². The molecule has 0 aliphatic carbocycles. The van der Waals surface area contributed by atoms with Gasteiger partial charge in [0.2, 0.25) is 0 Å². The third kappa shape index (κ3) is 6.23. The molecule has 39 heavy (non-hydrogen) atoms. The average molecular weight is 562 g/mol. The number of likely N-dealkylation sites (tertiary alicyclic amines) is 1. The minimum Gasteiger partial charge on any atom is -0.481 e. The van der Waals surface area contributed by atoms with Crippen molar-refractivity contribution in [3.05, 3.63) is 69.5 Å². The van der Waals surface area contributed by atoms with Gasteiger partial charge in [-0.2, -0.15) is 5.10 Å². The summed E-state index contributed by atoms with van der Waals surface area (Å²) in [4.78, 5) is 19.2. The molecular weight excluding hydrogens is 528 g/mol. The summed E-state index contributed by atoms with van der Waals surface area (Å²) in [6.45, 7) is 7.37. The van der Waals surface area contributed by atoms with Gasteiger partial charge in [0.25, 0.3) is 0 Å². The Morgan fingerprint density at radius 2 is 2.03 bits per heavy atom. The van der Waals surface area contributed by atoms with Gasteiger partial charge in [-0.05, 0) is 58.7 Å². The average Bonchev–Trinajstić information content (AvgIpc) is 3.28. The Balaban J connectivity index is 1.65. The van der Waals surface area contributed by atoms with E-state index in [-0.39, 0.29) is 47.4 Å². The molecule has 0 radical (unpaired) electrons. The highest BCUT2D eigenvalue weighted by atomic mass is 35.5. The van der Waals surface area contributed by atoms with Crippen molar-refractivity contribution in [2.24, 2.45) is 5.41 Å². The zero-order chi connectivity index (χ0) is 28.5. The Labute approximate surface area is 231 Å². The molecule has 0 bridgehead atoms. The fourth-order valence-corrected chi connectivity index (χ4v) is 5.49. The van der Waals surface area contributed by atoms with E-state index >= 15 is 4.39 Å². The maximum atomic E-state index is 15.8. The lowest BCUT2D eigenvalue weighted by molar-refractivity contribution is -0.154. The van der Waals surface area contributed by atoms with Crippen LogP contribution in [0.4, 0.5) is 20.4 Å². The molecule has 1 aliphatic rings. The first kappa shape index (κ1) is 28.9. The number of aliphatic hydroxyl groups is 1. The van der Waals surface area contributed by atoms with Crippen LogP contribution in [0.1, 0.15) is 62.5 Å². The summed E-state index contributed by atoms with van der Waals surface area (Å²) in [5.41, 5.74) is -1.62. The van der Waals surface area contributed by atoms with Crippen LogP contribution in [0.5, 0.6) is 0 Å². The summed E-state index contributed by atoms with van der Waals surface area (Å²) in [5, 5.41) is 31.1. The molecule has 2 atom stereocenters. The second-order valence-electron chi connectivity index (χ2n) is 10.9. The molecule has 3 aromatic rings. The lowest BCUT2D eigenvalue weighted by atomic mass is 9.71. The minimum absolute atomic E-state index is 0.00343. The summed E-state index contributed by atoms with van der Waals surface area (Å²) in [6, 6.07) is 7.82. The number of aliphatic carboxylic acids is 1. The van der Waals surface area contributed by atoms with E-state index in [2.05, 4.69) is 25.4 Å². The number of piperidine rings is 1.